The van der Waals surface area contributed by atoms with E-state index in [1.165, 1.54) is 54.3 Å². The summed E-state index contributed by atoms with van der Waals surface area (Å²) in [4.78, 5) is 2.09. The lowest BCUT2D eigenvalue weighted by atomic mass is 9.88. The van der Waals surface area contributed by atoms with Crippen LogP contribution in [0.15, 0.2) is 83.0 Å². The van der Waals surface area contributed by atoms with E-state index in [9.17, 15) is 0 Å². The first-order valence-corrected chi connectivity index (χ1v) is 16.8. The maximum atomic E-state index is 4.70. The van der Waals surface area contributed by atoms with E-state index in [2.05, 4.69) is 109 Å². The predicted octanol–water partition coefficient (Wildman–Crippen LogP) is 4.85. The van der Waals surface area contributed by atoms with Crippen molar-refractivity contribution in [3.05, 3.63) is 111 Å². The second-order valence-corrected chi connectivity index (χ2v) is 16.1. The Hall–Kier alpha value is -3.83. The molecule has 0 atom stereocenters. The van der Waals surface area contributed by atoms with Gasteiger partial charge in [-0.25, -0.2) is 4.58 Å². The van der Waals surface area contributed by atoms with Gasteiger partial charge in [-0.1, -0.05) is 37.4 Å². The lowest BCUT2D eigenvalue weighted by Crippen LogP contribution is -2.63. The van der Waals surface area contributed by atoms with Gasteiger partial charge in [0.05, 0.1) is 11.4 Å². The van der Waals surface area contributed by atoms with Crippen LogP contribution in [0.2, 0.25) is 13.1 Å². The highest BCUT2D eigenvalue weighted by Crippen LogP contribution is 2.31. The number of hydrogen-bond donors (Lipinski definition) is 0. The molecule has 0 saturated heterocycles. The minimum Gasteiger partial charge on any atom is -0.378 e. The van der Waals surface area contributed by atoms with Crippen LogP contribution in [0.4, 0.5) is 17.1 Å². The van der Waals surface area contributed by atoms with Crippen LogP contribution in [0.3, 0.4) is 0 Å². The van der Waals surface area contributed by atoms with Gasteiger partial charge in [-0.05, 0) is 99.7 Å². The minimum absolute atomic E-state index is 0.863. The Bertz CT molecular complexity index is 1760. The van der Waals surface area contributed by atoms with Gasteiger partial charge in [0.1, 0.15) is 21.7 Å². The maximum absolute atomic E-state index is 4.70. The van der Waals surface area contributed by atoms with Crippen LogP contribution in [0, 0.1) is 13.8 Å². The summed E-state index contributed by atoms with van der Waals surface area (Å²) in [5, 5.41) is 15.1. The predicted molar refractivity (Wildman–Crippen MR) is 167 cm³/mol. The Balaban J connectivity index is 1.57. The number of azo groups is 1. The monoisotopic (exact) mass is 529 g/mol. The molecule has 0 saturated carbocycles. The standard InChI is InChI=1S/C34H37N4Si/c1-22-9-8-10-23(2)33(22)34-28-16-13-26(36-35-25-11-14-27(15-12-25)37(3)4)20-31(28)39(6,7)32-21-30-24(19-29(32)34)17-18-38(30)5/h8-16,19-21H,17-18H2,1-7H3/q+1. The van der Waals surface area contributed by atoms with Crippen LogP contribution in [-0.4, -0.2) is 35.8 Å². The van der Waals surface area contributed by atoms with Crippen LogP contribution >= 0.6 is 0 Å². The minimum atomic E-state index is -2.03. The zero-order valence-electron chi connectivity index (χ0n) is 24.1. The van der Waals surface area contributed by atoms with Gasteiger partial charge < -0.3 is 4.90 Å². The Morgan fingerprint density at radius 3 is 2.15 bits per heavy atom. The smallest absolute Gasteiger partial charge is 0.203 e. The fraction of sp³-hybridized carbons (Fsp3) is 0.265. The second-order valence-electron chi connectivity index (χ2n) is 11.8. The summed E-state index contributed by atoms with van der Waals surface area (Å²) >= 11 is 0. The average Bonchev–Trinajstić information content (AvgIpc) is 3.28. The number of nitrogens with zero attached hydrogens (tertiary/aromatic N) is 4. The third-order valence-electron chi connectivity index (χ3n) is 8.61. The third kappa shape index (κ3) is 4.25. The molecule has 0 aromatic heterocycles. The fourth-order valence-corrected chi connectivity index (χ4v) is 9.40. The van der Waals surface area contributed by atoms with Gasteiger partial charge in [0.15, 0.2) is 0 Å². The van der Waals surface area contributed by atoms with Crippen LogP contribution in [0.1, 0.15) is 27.8 Å². The molecule has 0 spiro atoms. The molecule has 2 heterocycles. The normalized spacial score (nSPS) is 15.4. The van der Waals surface area contributed by atoms with Crippen LogP contribution < -0.4 is 30.4 Å². The fourth-order valence-electron chi connectivity index (χ4n) is 6.35. The van der Waals surface area contributed by atoms with Crippen molar-refractivity contribution in [3.63, 3.8) is 0 Å². The molecule has 2 aliphatic rings. The molecular weight excluding hydrogens is 492 g/mol. The Morgan fingerprint density at radius 1 is 0.795 bits per heavy atom. The zero-order chi connectivity index (χ0) is 27.5. The summed E-state index contributed by atoms with van der Waals surface area (Å²) in [7, 11) is 4.29. The molecule has 0 fully saturated rings. The van der Waals surface area contributed by atoms with Gasteiger partial charge >= 0.3 is 0 Å². The molecule has 0 N–H and O–H groups in total. The lowest BCUT2D eigenvalue weighted by molar-refractivity contribution is 0.720. The van der Waals surface area contributed by atoms with Crippen molar-refractivity contribution in [1.82, 2.24) is 4.58 Å². The van der Waals surface area contributed by atoms with Crippen molar-refractivity contribution in [3.8, 4) is 0 Å². The van der Waals surface area contributed by atoms with E-state index in [4.69, 9.17) is 5.11 Å². The molecule has 0 bridgehead atoms. The summed E-state index contributed by atoms with van der Waals surface area (Å²) in [6, 6.07) is 26.7. The summed E-state index contributed by atoms with van der Waals surface area (Å²) < 4.78 is 2.42. The van der Waals surface area contributed by atoms with Crippen molar-refractivity contribution >= 4 is 41.1 Å². The Kier molecular flexibility index (Phi) is 6.15. The van der Waals surface area contributed by atoms with E-state index in [1.807, 2.05) is 26.2 Å². The SMILES string of the molecule is Cc1cccc(C)c1C1=c2cc3c(cc2[Si](C)(C)c2cc(N=Nc4ccc(N(C)C)cc4)ccc21)=[N+](C)CC3. The van der Waals surface area contributed by atoms with E-state index in [0.717, 1.165) is 30.0 Å². The van der Waals surface area contributed by atoms with Gasteiger partial charge in [0.25, 0.3) is 0 Å². The van der Waals surface area contributed by atoms with Crippen LogP contribution in [-0.2, 0) is 6.42 Å². The Morgan fingerprint density at radius 2 is 1.46 bits per heavy atom. The van der Waals surface area contributed by atoms with Gasteiger partial charge in [-0.15, -0.1) is 0 Å². The highest BCUT2D eigenvalue weighted by molar-refractivity contribution is 7.01. The van der Waals surface area contributed by atoms with Crippen LogP contribution in [0.25, 0.3) is 5.57 Å². The van der Waals surface area contributed by atoms with E-state index in [0.29, 0.717) is 0 Å². The quantitative estimate of drug-likeness (QED) is 0.211. The summed E-state index contributed by atoms with van der Waals surface area (Å²) in [5.74, 6) is 0. The molecule has 2 aliphatic heterocycles. The lowest BCUT2D eigenvalue weighted by Gasteiger charge is -2.33. The average molecular weight is 530 g/mol. The van der Waals surface area contributed by atoms with Crippen molar-refractivity contribution < 1.29 is 0 Å². The van der Waals surface area contributed by atoms with Crippen molar-refractivity contribution in [2.45, 2.75) is 33.4 Å². The summed E-state index contributed by atoms with van der Waals surface area (Å²) in [6.07, 6.45) is 1.11. The molecule has 4 aromatic rings. The molecular formula is C34H37N4Si+. The highest BCUT2D eigenvalue weighted by atomic mass is 28.3. The second kappa shape index (κ2) is 9.42. The topological polar surface area (TPSA) is 31.0 Å². The van der Waals surface area contributed by atoms with Crippen molar-refractivity contribution in [2.24, 2.45) is 10.2 Å². The van der Waals surface area contributed by atoms with Gasteiger partial charge in [0, 0.05) is 37.8 Å². The van der Waals surface area contributed by atoms with Gasteiger partial charge in [0.2, 0.25) is 5.36 Å². The molecule has 39 heavy (non-hydrogen) atoms. The zero-order valence-corrected chi connectivity index (χ0v) is 25.1. The number of benzene rings is 4. The molecule has 0 amide bonds. The molecule has 4 nitrogen and oxygen atoms in total. The molecule has 0 unspecified atom stereocenters. The number of fused-ring (bicyclic) bond motifs is 3. The molecule has 0 radical (unpaired) electrons. The van der Waals surface area contributed by atoms with Gasteiger partial charge in [-0.2, -0.15) is 10.2 Å². The first-order valence-electron chi connectivity index (χ1n) is 13.8. The number of anilines is 1. The largest absolute Gasteiger partial charge is 0.378 e. The van der Waals surface area contributed by atoms with E-state index in [-0.39, 0.29) is 0 Å². The van der Waals surface area contributed by atoms with Crippen LogP contribution in [0.5, 0.6) is 0 Å². The highest BCUT2D eigenvalue weighted by Gasteiger charge is 2.37. The van der Waals surface area contributed by atoms with Gasteiger partial charge in [-0.3, -0.25) is 0 Å². The molecule has 0 aliphatic carbocycles. The number of aryl methyl sites for hydroxylation is 2. The van der Waals surface area contributed by atoms with E-state index >= 15 is 0 Å². The Labute approximate surface area is 232 Å². The summed E-state index contributed by atoms with van der Waals surface area (Å²) in [6.45, 7) is 10.6. The van der Waals surface area contributed by atoms with Crippen molar-refractivity contribution in [1.29, 1.82) is 0 Å². The third-order valence-corrected chi connectivity index (χ3v) is 12.1. The van der Waals surface area contributed by atoms with Crippen molar-refractivity contribution in [2.75, 3.05) is 32.6 Å². The summed E-state index contributed by atoms with van der Waals surface area (Å²) in [5.41, 5.74) is 11.2. The number of rotatable bonds is 4. The maximum Gasteiger partial charge on any atom is 0.203 e. The number of likely N-dealkylation sites (N-methyl/N-ethyl adjacent to an activating group) is 1. The molecule has 4 aromatic carbocycles. The first kappa shape index (κ1) is 25.4. The molecule has 6 rings (SSSR count). The molecule has 196 valence electrons. The molecule has 5 heteroatoms. The number of hydrogen-bond acceptors (Lipinski definition) is 3. The first-order chi connectivity index (χ1) is 18.6. The van der Waals surface area contributed by atoms with E-state index < -0.39 is 8.07 Å². The van der Waals surface area contributed by atoms with E-state index in [1.54, 1.807) is 0 Å².